The number of hydrogen-bond donors (Lipinski definition) is 2. The molecule has 1 aromatic carbocycles. The summed E-state index contributed by atoms with van der Waals surface area (Å²) < 4.78 is 28.3. The topological polar surface area (TPSA) is 59.0 Å². The van der Waals surface area contributed by atoms with Crippen LogP contribution in [-0.2, 0) is 18.4 Å². The fourth-order valence-corrected chi connectivity index (χ4v) is 1.66. The molecule has 0 radical (unpaired) electrons. The molecule has 1 heterocycles. The highest BCUT2D eigenvalue weighted by Crippen LogP contribution is 2.17. The predicted octanol–water partition coefficient (Wildman–Crippen LogP) is 1.43. The van der Waals surface area contributed by atoms with Gasteiger partial charge in [-0.3, -0.25) is 9.48 Å². The summed E-state index contributed by atoms with van der Waals surface area (Å²) in [7, 11) is 1.79. The van der Waals surface area contributed by atoms with Gasteiger partial charge in [-0.15, -0.1) is 0 Å². The van der Waals surface area contributed by atoms with Crippen molar-refractivity contribution in [3.05, 3.63) is 47.8 Å². The maximum atomic E-state index is 13.3. The van der Waals surface area contributed by atoms with Crippen molar-refractivity contribution in [2.75, 3.05) is 11.9 Å². The van der Waals surface area contributed by atoms with Crippen LogP contribution >= 0.6 is 0 Å². The van der Waals surface area contributed by atoms with Crippen LogP contribution in [0.5, 0.6) is 0 Å². The van der Waals surface area contributed by atoms with Gasteiger partial charge in [-0.25, -0.2) is 8.78 Å². The third-order valence-electron chi connectivity index (χ3n) is 2.59. The molecule has 0 bridgehead atoms. The van der Waals surface area contributed by atoms with Gasteiger partial charge >= 0.3 is 0 Å². The first-order chi connectivity index (χ1) is 9.56. The summed E-state index contributed by atoms with van der Waals surface area (Å²) in [5.41, 5.74) is 0.342. The van der Waals surface area contributed by atoms with E-state index in [1.165, 1.54) is 6.07 Å². The number of amides is 1. The van der Waals surface area contributed by atoms with E-state index in [0.717, 1.165) is 17.8 Å². The first kappa shape index (κ1) is 14.1. The van der Waals surface area contributed by atoms with Gasteiger partial charge in [-0.2, -0.15) is 5.10 Å². The van der Waals surface area contributed by atoms with Gasteiger partial charge in [0.15, 0.2) is 0 Å². The van der Waals surface area contributed by atoms with Crippen LogP contribution in [0.1, 0.15) is 5.69 Å². The smallest absolute Gasteiger partial charge is 0.238 e. The van der Waals surface area contributed by atoms with Crippen molar-refractivity contribution in [1.29, 1.82) is 0 Å². The van der Waals surface area contributed by atoms with Gasteiger partial charge in [-0.1, -0.05) is 6.07 Å². The molecule has 7 heteroatoms. The number of aryl methyl sites for hydroxylation is 1. The Morgan fingerprint density at radius 2 is 2.00 bits per heavy atom. The van der Waals surface area contributed by atoms with E-state index in [2.05, 4.69) is 15.7 Å². The molecule has 0 spiro atoms. The average Bonchev–Trinajstić information content (AvgIpc) is 2.80. The van der Waals surface area contributed by atoms with Crippen LogP contribution in [0.4, 0.5) is 14.5 Å². The van der Waals surface area contributed by atoms with Crippen molar-refractivity contribution in [3.8, 4) is 0 Å². The van der Waals surface area contributed by atoms with E-state index in [4.69, 9.17) is 0 Å². The molecule has 1 aromatic heterocycles. The number of rotatable bonds is 5. The lowest BCUT2D eigenvalue weighted by Crippen LogP contribution is -2.28. The van der Waals surface area contributed by atoms with E-state index in [1.807, 2.05) is 0 Å². The Hall–Kier alpha value is -2.28. The second kappa shape index (κ2) is 6.25. The number of nitrogens with one attached hydrogen (secondary N) is 2. The highest BCUT2D eigenvalue weighted by molar-refractivity contribution is 5.92. The summed E-state index contributed by atoms with van der Waals surface area (Å²) in [4.78, 5) is 11.6. The Balaban J connectivity index is 1.84. The largest absolute Gasteiger partial charge is 0.320 e. The molecule has 0 atom stereocenters. The molecule has 0 aliphatic heterocycles. The van der Waals surface area contributed by atoms with E-state index in [-0.39, 0.29) is 6.54 Å². The third-order valence-corrected chi connectivity index (χ3v) is 2.59. The number of benzene rings is 1. The zero-order valence-corrected chi connectivity index (χ0v) is 10.9. The molecular weight excluding hydrogens is 266 g/mol. The van der Waals surface area contributed by atoms with E-state index in [1.54, 1.807) is 24.0 Å². The molecule has 2 rings (SSSR count). The lowest BCUT2D eigenvalue weighted by atomic mass is 10.3. The quantitative estimate of drug-likeness (QED) is 0.871. The number of carbonyl (C=O) groups excluding carboxylic acids is 1. The molecule has 0 saturated heterocycles. The number of nitrogens with zero attached hydrogens (tertiary/aromatic N) is 2. The Morgan fingerprint density at radius 3 is 2.60 bits per heavy atom. The first-order valence-electron chi connectivity index (χ1n) is 5.99. The lowest BCUT2D eigenvalue weighted by Gasteiger charge is -2.07. The van der Waals surface area contributed by atoms with Crippen LogP contribution in [0, 0.1) is 11.6 Å². The number of anilines is 1. The summed E-state index contributed by atoms with van der Waals surface area (Å²) in [6.45, 7) is 0.332. The van der Waals surface area contributed by atoms with Crippen LogP contribution in [0.2, 0.25) is 0 Å². The van der Waals surface area contributed by atoms with Crippen LogP contribution in [0.15, 0.2) is 30.5 Å². The van der Waals surface area contributed by atoms with Crippen molar-refractivity contribution in [3.63, 3.8) is 0 Å². The van der Waals surface area contributed by atoms with Crippen molar-refractivity contribution in [1.82, 2.24) is 15.1 Å². The molecule has 5 nitrogen and oxygen atoms in total. The molecule has 20 heavy (non-hydrogen) atoms. The molecule has 0 unspecified atom stereocenters. The normalized spacial score (nSPS) is 10.6. The van der Waals surface area contributed by atoms with Gasteiger partial charge < -0.3 is 10.6 Å². The molecule has 2 aromatic rings. The van der Waals surface area contributed by atoms with E-state index >= 15 is 0 Å². The van der Waals surface area contributed by atoms with Gasteiger partial charge in [0.2, 0.25) is 5.91 Å². The molecule has 106 valence electrons. The number of hydrogen-bond acceptors (Lipinski definition) is 3. The molecule has 0 aliphatic rings. The Morgan fingerprint density at radius 1 is 1.30 bits per heavy atom. The molecule has 1 amide bonds. The second-order valence-corrected chi connectivity index (χ2v) is 4.23. The van der Waals surface area contributed by atoms with Gasteiger partial charge in [0.1, 0.15) is 17.3 Å². The number of aromatic nitrogens is 2. The van der Waals surface area contributed by atoms with Crippen LogP contribution in [0.3, 0.4) is 0 Å². The number of para-hydroxylation sites is 1. The molecule has 0 saturated carbocycles. The second-order valence-electron chi connectivity index (χ2n) is 4.23. The monoisotopic (exact) mass is 280 g/mol. The van der Waals surface area contributed by atoms with Crippen LogP contribution < -0.4 is 10.6 Å². The maximum Gasteiger partial charge on any atom is 0.238 e. The summed E-state index contributed by atoms with van der Waals surface area (Å²) in [5, 5.41) is 9.16. The van der Waals surface area contributed by atoms with Gasteiger partial charge in [0.25, 0.3) is 0 Å². The Kier molecular flexibility index (Phi) is 4.41. The third kappa shape index (κ3) is 3.61. The van der Waals surface area contributed by atoms with E-state index in [0.29, 0.717) is 6.54 Å². The van der Waals surface area contributed by atoms with Crippen molar-refractivity contribution in [2.24, 2.45) is 7.05 Å². The number of halogens is 2. The summed E-state index contributed by atoms with van der Waals surface area (Å²) in [6, 6.07) is 5.21. The zero-order chi connectivity index (χ0) is 14.5. The van der Waals surface area contributed by atoms with Crippen LogP contribution in [-0.4, -0.2) is 22.2 Å². The van der Waals surface area contributed by atoms with Gasteiger partial charge in [0, 0.05) is 19.8 Å². The van der Waals surface area contributed by atoms with Gasteiger partial charge in [0.05, 0.1) is 12.2 Å². The fourth-order valence-electron chi connectivity index (χ4n) is 1.66. The maximum absolute atomic E-state index is 13.3. The standard InChI is InChI=1S/C13H14F2N4O/c1-19-6-5-9(18-19)7-16-8-12(20)17-13-10(14)3-2-4-11(13)15/h2-6,16H,7-8H2,1H3,(H,17,20). The average molecular weight is 280 g/mol. The highest BCUT2D eigenvalue weighted by Gasteiger charge is 2.11. The predicted molar refractivity (Wildman–Crippen MR) is 69.9 cm³/mol. The summed E-state index contributed by atoms with van der Waals surface area (Å²) >= 11 is 0. The molecular formula is C13H14F2N4O. The van der Waals surface area contributed by atoms with E-state index in [9.17, 15) is 13.6 Å². The van der Waals surface area contributed by atoms with E-state index < -0.39 is 23.2 Å². The van der Waals surface area contributed by atoms with Crippen molar-refractivity contribution < 1.29 is 13.6 Å². The Labute approximate surface area is 114 Å². The molecule has 0 aliphatic carbocycles. The minimum atomic E-state index is -0.803. The minimum absolute atomic E-state index is 0.0651. The SMILES string of the molecule is Cn1ccc(CNCC(=O)Nc2c(F)cccc2F)n1. The van der Waals surface area contributed by atoms with Crippen molar-refractivity contribution >= 4 is 11.6 Å². The summed E-state index contributed by atoms with van der Waals surface area (Å²) in [5.74, 6) is -2.13. The lowest BCUT2D eigenvalue weighted by molar-refractivity contribution is -0.115. The zero-order valence-electron chi connectivity index (χ0n) is 10.9. The van der Waals surface area contributed by atoms with Gasteiger partial charge in [-0.05, 0) is 18.2 Å². The highest BCUT2D eigenvalue weighted by atomic mass is 19.1. The molecule has 0 fully saturated rings. The molecule has 2 N–H and O–H groups in total. The minimum Gasteiger partial charge on any atom is -0.320 e. The summed E-state index contributed by atoms with van der Waals surface area (Å²) in [6.07, 6.45) is 1.78. The first-order valence-corrected chi connectivity index (χ1v) is 5.99. The van der Waals surface area contributed by atoms with Crippen LogP contribution in [0.25, 0.3) is 0 Å². The Bertz CT molecular complexity index is 592. The number of carbonyl (C=O) groups is 1. The fraction of sp³-hybridized carbons (Fsp3) is 0.231. The van der Waals surface area contributed by atoms with Crippen molar-refractivity contribution in [2.45, 2.75) is 6.54 Å².